The van der Waals surface area contributed by atoms with Gasteiger partial charge in [0.15, 0.2) is 0 Å². The topological polar surface area (TPSA) is 58.9 Å². The number of aliphatic hydroxyl groups is 1. The van der Waals surface area contributed by atoms with E-state index in [-0.39, 0.29) is 6.54 Å². The average molecular weight is 181 g/mol. The normalized spacial score (nSPS) is 12.2. The van der Waals surface area contributed by atoms with Crippen molar-refractivity contribution in [1.82, 2.24) is 0 Å². The second kappa shape index (κ2) is 4.57. The van der Waals surface area contributed by atoms with Crippen molar-refractivity contribution in [3.05, 3.63) is 34.7 Å². The van der Waals surface area contributed by atoms with Crippen molar-refractivity contribution in [3.63, 3.8) is 0 Å². The lowest BCUT2D eigenvalue weighted by Gasteiger charge is -2.10. The molecule has 0 aliphatic heterocycles. The zero-order chi connectivity index (χ0) is 9.68. The van der Waals surface area contributed by atoms with Crippen LogP contribution in [0.25, 0.3) is 0 Å². The van der Waals surface area contributed by atoms with E-state index < -0.39 is 6.10 Å². The molecule has 0 saturated carbocycles. The Kier molecular flexibility index (Phi) is 3.40. The number of hydrogen-bond donors (Lipinski definition) is 1. The van der Waals surface area contributed by atoms with Crippen molar-refractivity contribution in [3.8, 4) is 5.75 Å². The zero-order valence-electron chi connectivity index (χ0n) is 7.30. The summed E-state index contributed by atoms with van der Waals surface area (Å²) in [5, 5.41) is 12.1. The van der Waals surface area contributed by atoms with Crippen LogP contribution in [0.1, 0.15) is 11.7 Å². The smallest absolute Gasteiger partial charge is 0.124 e. The third-order valence-corrected chi connectivity index (χ3v) is 1.75. The third-order valence-electron chi connectivity index (χ3n) is 1.75. The van der Waals surface area contributed by atoms with E-state index in [4.69, 9.17) is 4.74 Å². The molecule has 1 aromatic carbocycles. The Balaban J connectivity index is 2.91. The number of ether oxygens (including phenoxy) is 1. The first-order chi connectivity index (χ1) is 6.29. The number of methoxy groups -OCH3 is 1. The largest absolute Gasteiger partial charge is 0.496 e. The Morgan fingerprint density at radius 3 is 2.85 bits per heavy atom. The lowest BCUT2D eigenvalue weighted by atomic mass is 10.1. The summed E-state index contributed by atoms with van der Waals surface area (Å²) in [5.41, 5.74) is 0.588. The molecule has 1 unspecified atom stereocenters. The van der Waals surface area contributed by atoms with Gasteiger partial charge in [0.1, 0.15) is 18.4 Å². The SMILES string of the molecule is COc1ccccc1C(O)CN=O. The van der Waals surface area contributed by atoms with Gasteiger partial charge in [0.25, 0.3) is 0 Å². The zero-order valence-corrected chi connectivity index (χ0v) is 7.30. The number of nitrogens with zero attached hydrogens (tertiary/aromatic N) is 1. The number of hydrogen-bond acceptors (Lipinski definition) is 4. The molecule has 4 heteroatoms. The minimum absolute atomic E-state index is 0.152. The van der Waals surface area contributed by atoms with Gasteiger partial charge in [0.2, 0.25) is 0 Å². The number of rotatable bonds is 4. The van der Waals surface area contributed by atoms with E-state index in [1.54, 1.807) is 24.3 Å². The van der Waals surface area contributed by atoms with Gasteiger partial charge >= 0.3 is 0 Å². The van der Waals surface area contributed by atoms with Crippen LogP contribution in [0.15, 0.2) is 29.4 Å². The summed E-state index contributed by atoms with van der Waals surface area (Å²) in [5.74, 6) is 0.568. The van der Waals surface area contributed by atoms with E-state index in [1.165, 1.54) is 7.11 Å². The maximum Gasteiger partial charge on any atom is 0.124 e. The fourth-order valence-electron chi connectivity index (χ4n) is 1.11. The summed E-state index contributed by atoms with van der Waals surface area (Å²) in [6.07, 6.45) is -0.881. The molecule has 0 saturated heterocycles. The predicted octanol–water partition coefficient (Wildman–Crippen LogP) is 1.49. The van der Waals surface area contributed by atoms with E-state index >= 15 is 0 Å². The second-order valence-electron chi connectivity index (χ2n) is 2.57. The van der Waals surface area contributed by atoms with E-state index in [0.29, 0.717) is 11.3 Å². The highest BCUT2D eigenvalue weighted by molar-refractivity contribution is 5.35. The Hall–Kier alpha value is -1.42. The van der Waals surface area contributed by atoms with Gasteiger partial charge in [-0.05, 0) is 6.07 Å². The predicted molar refractivity (Wildman–Crippen MR) is 48.6 cm³/mol. The third kappa shape index (κ3) is 2.26. The maximum atomic E-state index is 9.94. The highest BCUT2D eigenvalue weighted by Crippen LogP contribution is 2.24. The first kappa shape index (κ1) is 9.67. The number of para-hydroxylation sites is 1. The van der Waals surface area contributed by atoms with Crippen molar-refractivity contribution in [2.24, 2.45) is 5.18 Å². The highest BCUT2D eigenvalue weighted by Gasteiger charge is 2.11. The first-order valence-corrected chi connectivity index (χ1v) is 3.89. The van der Waals surface area contributed by atoms with Crippen LogP contribution in [0.3, 0.4) is 0 Å². The van der Waals surface area contributed by atoms with Gasteiger partial charge in [0.05, 0.1) is 7.11 Å². The molecule has 1 N–H and O–H groups in total. The first-order valence-electron chi connectivity index (χ1n) is 3.89. The highest BCUT2D eigenvalue weighted by atomic mass is 16.5. The van der Waals surface area contributed by atoms with Gasteiger partial charge in [0, 0.05) is 5.56 Å². The van der Waals surface area contributed by atoms with Crippen molar-refractivity contribution in [2.45, 2.75) is 6.10 Å². The molecule has 1 rings (SSSR count). The van der Waals surface area contributed by atoms with Crippen molar-refractivity contribution in [1.29, 1.82) is 0 Å². The van der Waals surface area contributed by atoms with Gasteiger partial charge in [-0.3, -0.25) is 0 Å². The van der Waals surface area contributed by atoms with Gasteiger partial charge in [-0.2, -0.15) is 4.91 Å². The van der Waals surface area contributed by atoms with Crippen LogP contribution < -0.4 is 4.74 Å². The molecular weight excluding hydrogens is 170 g/mol. The van der Waals surface area contributed by atoms with Crippen LogP contribution in [0.4, 0.5) is 0 Å². The average Bonchev–Trinajstić information content (AvgIpc) is 2.18. The Morgan fingerprint density at radius 1 is 1.54 bits per heavy atom. The summed E-state index contributed by atoms with van der Waals surface area (Å²) in [6, 6.07) is 6.99. The Morgan fingerprint density at radius 2 is 2.23 bits per heavy atom. The van der Waals surface area contributed by atoms with Gasteiger partial charge < -0.3 is 9.84 Å². The van der Waals surface area contributed by atoms with Gasteiger partial charge in [-0.15, -0.1) is 0 Å². The fraction of sp³-hybridized carbons (Fsp3) is 0.333. The Bertz CT molecular complexity index is 288. The molecule has 1 atom stereocenters. The number of benzene rings is 1. The van der Waals surface area contributed by atoms with E-state index in [9.17, 15) is 10.0 Å². The lowest BCUT2D eigenvalue weighted by Crippen LogP contribution is -2.03. The Labute approximate surface area is 76.1 Å². The summed E-state index contributed by atoms with van der Waals surface area (Å²) >= 11 is 0. The molecule has 0 heterocycles. The van der Waals surface area contributed by atoms with Crippen molar-refractivity contribution >= 4 is 0 Å². The summed E-state index contributed by atoms with van der Waals surface area (Å²) < 4.78 is 5.01. The number of aliphatic hydroxyl groups excluding tert-OH is 1. The molecule has 0 spiro atoms. The van der Waals surface area contributed by atoms with Crippen LogP contribution in [0.2, 0.25) is 0 Å². The molecule has 0 amide bonds. The molecule has 70 valence electrons. The van der Waals surface area contributed by atoms with Crippen LogP contribution in [0.5, 0.6) is 5.75 Å². The molecular formula is C9H11NO3. The minimum atomic E-state index is -0.881. The lowest BCUT2D eigenvalue weighted by molar-refractivity contribution is 0.182. The minimum Gasteiger partial charge on any atom is -0.496 e. The molecule has 0 aromatic heterocycles. The monoisotopic (exact) mass is 181 g/mol. The van der Waals surface area contributed by atoms with Crippen molar-refractivity contribution in [2.75, 3.05) is 13.7 Å². The standard InChI is InChI=1S/C9H11NO3/c1-13-9-5-3-2-4-7(9)8(11)6-10-12/h2-5,8,11H,6H2,1H3. The van der Waals surface area contributed by atoms with Gasteiger partial charge in [-0.1, -0.05) is 23.4 Å². The molecule has 13 heavy (non-hydrogen) atoms. The molecule has 0 aliphatic carbocycles. The van der Waals surface area contributed by atoms with E-state index in [2.05, 4.69) is 5.18 Å². The van der Waals surface area contributed by atoms with Crippen LogP contribution >= 0.6 is 0 Å². The maximum absolute atomic E-state index is 9.94. The van der Waals surface area contributed by atoms with Crippen LogP contribution in [-0.2, 0) is 0 Å². The molecule has 1 aromatic rings. The summed E-state index contributed by atoms with van der Waals surface area (Å²) in [7, 11) is 1.51. The summed E-state index contributed by atoms with van der Waals surface area (Å²) in [4.78, 5) is 9.94. The number of nitroso groups, excluding NO2 is 1. The van der Waals surface area contributed by atoms with Crippen LogP contribution in [0, 0.1) is 4.91 Å². The van der Waals surface area contributed by atoms with E-state index in [0.717, 1.165) is 0 Å². The molecule has 0 bridgehead atoms. The van der Waals surface area contributed by atoms with Crippen molar-refractivity contribution < 1.29 is 9.84 Å². The van der Waals surface area contributed by atoms with E-state index in [1.807, 2.05) is 0 Å². The molecule has 0 fully saturated rings. The molecule has 4 nitrogen and oxygen atoms in total. The van der Waals surface area contributed by atoms with Crippen LogP contribution in [-0.4, -0.2) is 18.8 Å². The fourth-order valence-corrected chi connectivity index (χ4v) is 1.11. The summed E-state index contributed by atoms with van der Waals surface area (Å²) in [6.45, 7) is -0.152. The molecule has 0 aliphatic rings. The quantitative estimate of drug-likeness (QED) is 0.716. The second-order valence-corrected chi connectivity index (χ2v) is 2.57. The van der Waals surface area contributed by atoms with Gasteiger partial charge in [-0.25, -0.2) is 0 Å². The molecule has 0 radical (unpaired) electrons.